The topological polar surface area (TPSA) is 51.2 Å². The maximum Gasteiger partial charge on any atom is 0.116 e. The maximum absolute atomic E-state index is 9.58. The van der Waals surface area contributed by atoms with E-state index in [0.29, 0.717) is 5.75 Å². The molecule has 0 saturated heterocycles. The highest BCUT2D eigenvalue weighted by molar-refractivity contribution is 5.88. The van der Waals surface area contributed by atoms with Crippen LogP contribution in [0.3, 0.4) is 0 Å². The van der Waals surface area contributed by atoms with Gasteiger partial charge in [-0.2, -0.15) is 0 Å². The Morgan fingerprint density at radius 3 is 2.47 bits per heavy atom. The third-order valence-corrected chi connectivity index (χ3v) is 3.41. The molecule has 3 heteroatoms. The maximum atomic E-state index is 9.58. The van der Waals surface area contributed by atoms with E-state index in [2.05, 4.69) is 17.6 Å². The lowest BCUT2D eigenvalue weighted by atomic mass is 10.1. The van der Waals surface area contributed by atoms with E-state index in [9.17, 15) is 5.11 Å². The highest BCUT2D eigenvalue weighted by Crippen LogP contribution is 2.30. The Kier molecular flexibility index (Phi) is 2.67. The van der Waals surface area contributed by atoms with Gasteiger partial charge in [-0.3, -0.25) is 0 Å². The summed E-state index contributed by atoms with van der Waals surface area (Å²) < 4.78 is 2.24. The Bertz CT molecular complexity index is 726. The molecule has 0 fully saturated rings. The smallest absolute Gasteiger partial charge is 0.116 e. The standard InChI is InChI=1S/C16H16N2O/c1-2-18-15-8-7-14(19)9-12(15)10-16(18)11-3-5-13(17)6-4-11/h3-10,19H,2,17H2,1H3. The molecular weight excluding hydrogens is 236 g/mol. The number of hydrogen-bond acceptors (Lipinski definition) is 2. The highest BCUT2D eigenvalue weighted by atomic mass is 16.3. The van der Waals surface area contributed by atoms with Crippen molar-refractivity contribution in [3.8, 4) is 17.0 Å². The van der Waals surface area contributed by atoms with Gasteiger partial charge >= 0.3 is 0 Å². The summed E-state index contributed by atoms with van der Waals surface area (Å²) in [6.45, 7) is 3.00. The van der Waals surface area contributed by atoms with Crippen molar-refractivity contribution in [2.24, 2.45) is 0 Å². The average molecular weight is 252 g/mol. The minimum absolute atomic E-state index is 0.296. The van der Waals surface area contributed by atoms with Crippen LogP contribution in [0.15, 0.2) is 48.5 Å². The number of anilines is 1. The third-order valence-electron chi connectivity index (χ3n) is 3.41. The summed E-state index contributed by atoms with van der Waals surface area (Å²) in [4.78, 5) is 0. The first-order valence-electron chi connectivity index (χ1n) is 6.37. The van der Waals surface area contributed by atoms with Crippen LogP contribution in [-0.2, 0) is 6.54 Å². The summed E-state index contributed by atoms with van der Waals surface area (Å²) in [6.07, 6.45) is 0. The number of fused-ring (bicyclic) bond motifs is 1. The predicted molar refractivity (Wildman–Crippen MR) is 79.1 cm³/mol. The van der Waals surface area contributed by atoms with E-state index in [1.165, 1.54) is 0 Å². The molecule has 0 aliphatic rings. The van der Waals surface area contributed by atoms with E-state index < -0.39 is 0 Å². The van der Waals surface area contributed by atoms with Crippen LogP contribution in [0, 0.1) is 0 Å². The molecule has 0 unspecified atom stereocenters. The van der Waals surface area contributed by atoms with Crippen LogP contribution >= 0.6 is 0 Å². The summed E-state index contributed by atoms with van der Waals surface area (Å²) in [7, 11) is 0. The zero-order valence-corrected chi connectivity index (χ0v) is 10.8. The van der Waals surface area contributed by atoms with Gasteiger partial charge in [0.15, 0.2) is 0 Å². The molecule has 0 saturated carbocycles. The molecule has 3 nitrogen and oxygen atoms in total. The minimum atomic E-state index is 0.296. The fraction of sp³-hybridized carbons (Fsp3) is 0.125. The Balaban J connectivity index is 2.25. The van der Waals surface area contributed by atoms with Crippen LogP contribution in [0.4, 0.5) is 5.69 Å². The molecule has 0 spiro atoms. The van der Waals surface area contributed by atoms with Crippen molar-refractivity contribution in [1.29, 1.82) is 0 Å². The molecule has 1 heterocycles. The highest BCUT2D eigenvalue weighted by Gasteiger charge is 2.09. The third kappa shape index (κ3) is 1.93. The van der Waals surface area contributed by atoms with E-state index in [1.54, 1.807) is 12.1 Å². The van der Waals surface area contributed by atoms with Crippen molar-refractivity contribution in [2.45, 2.75) is 13.5 Å². The lowest BCUT2D eigenvalue weighted by molar-refractivity contribution is 0.476. The SMILES string of the molecule is CCn1c(-c2ccc(N)cc2)cc2cc(O)ccc21. The van der Waals surface area contributed by atoms with Gasteiger partial charge in [0.05, 0.1) is 0 Å². The average Bonchev–Trinajstić information content (AvgIpc) is 2.77. The Hall–Kier alpha value is -2.42. The molecular formula is C16H16N2O. The van der Waals surface area contributed by atoms with Gasteiger partial charge in [-0.05, 0) is 48.9 Å². The zero-order chi connectivity index (χ0) is 13.4. The van der Waals surface area contributed by atoms with Crippen LogP contribution in [0.2, 0.25) is 0 Å². The Labute approximate surface area is 111 Å². The van der Waals surface area contributed by atoms with Crippen LogP contribution in [0.25, 0.3) is 22.2 Å². The van der Waals surface area contributed by atoms with E-state index in [4.69, 9.17) is 5.73 Å². The number of aryl methyl sites for hydroxylation is 1. The summed E-state index contributed by atoms with van der Waals surface area (Å²) >= 11 is 0. The molecule has 0 radical (unpaired) electrons. The van der Waals surface area contributed by atoms with E-state index in [-0.39, 0.29) is 0 Å². The molecule has 1 aromatic heterocycles. The summed E-state index contributed by atoms with van der Waals surface area (Å²) in [5, 5.41) is 10.6. The summed E-state index contributed by atoms with van der Waals surface area (Å²) in [6, 6.07) is 15.4. The molecule has 96 valence electrons. The Morgan fingerprint density at radius 2 is 1.79 bits per heavy atom. The van der Waals surface area contributed by atoms with Gasteiger partial charge in [-0.25, -0.2) is 0 Å². The lowest BCUT2D eigenvalue weighted by Crippen LogP contribution is -1.96. The van der Waals surface area contributed by atoms with Crippen molar-refractivity contribution in [2.75, 3.05) is 5.73 Å². The molecule has 0 atom stereocenters. The number of rotatable bonds is 2. The minimum Gasteiger partial charge on any atom is -0.508 e. The lowest BCUT2D eigenvalue weighted by Gasteiger charge is -2.08. The second kappa shape index (κ2) is 4.35. The number of nitrogens with two attached hydrogens (primary N) is 1. The first-order chi connectivity index (χ1) is 9.19. The van der Waals surface area contributed by atoms with E-state index in [0.717, 1.165) is 34.4 Å². The van der Waals surface area contributed by atoms with Crippen molar-refractivity contribution >= 4 is 16.6 Å². The number of hydrogen-bond donors (Lipinski definition) is 2. The molecule has 2 aromatic carbocycles. The largest absolute Gasteiger partial charge is 0.508 e. The fourth-order valence-electron chi connectivity index (χ4n) is 2.49. The summed E-state index contributed by atoms with van der Waals surface area (Å²) in [5.41, 5.74) is 9.90. The van der Waals surface area contributed by atoms with Crippen molar-refractivity contribution < 1.29 is 5.11 Å². The molecule has 3 N–H and O–H groups in total. The van der Waals surface area contributed by atoms with Gasteiger partial charge in [0.25, 0.3) is 0 Å². The van der Waals surface area contributed by atoms with Gasteiger partial charge in [0, 0.05) is 28.8 Å². The normalized spacial score (nSPS) is 11.0. The number of nitrogens with zero attached hydrogens (tertiary/aromatic N) is 1. The second-order valence-corrected chi connectivity index (χ2v) is 4.64. The van der Waals surface area contributed by atoms with Gasteiger partial charge in [0.1, 0.15) is 5.75 Å². The molecule has 19 heavy (non-hydrogen) atoms. The molecule has 0 aliphatic carbocycles. The van der Waals surface area contributed by atoms with Crippen LogP contribution in [0.1, 0.15) is 6.92 Å². The number of phenols is 1. The van der Waals surface area contributed by atoms with Gasteiger partial charge in [-0.15, -0.1) is 0 Å². The van der Waals surface area contributed by atoms with E-state index >= 15 is 0 Å². The molecule has 3 aromatic rings. The number of benzene rings is 2. The predicted octanol–water partition coefficient (Wildman–Crippen LogP) is 3.62. The number of aromatic nitrogens is 1. The number of phenolic OH excluding ortho intramolecular Hbond substituents is 1. The number of aromatic hydroxyl groups is 1. The van der Waals surface area contributed by atoms with Crippen LogP contribution in [0.5, 0.6) is 5.75 Å². The first kappa shape index (κ1) is 11.7. The van der Waals surface area contributed by atoms with Gasteiger partial charge < -0.3 is 15.4 Å². The van der Waals surface area contributed by atoms with Crippen LogP contribution in [-0.4, -0.2) is 9.67 Å². The van der Waals surface area contributed by atoms with E-state index in [1.807, 2.05) is 30.3 Å². The molecule has 0 aliphatic heterocycles. The fourth-order valence-corrected chi connectivity index (χ4v) is 2.49. The Morgan fingerprint density at radius 1 is 1.05 bits per heavy atom. The summed E-state index contributed by atoms with van der Waals surface area (Å²) in [5.74, 6) is 0.296. The van der Waals surface area contributed by atoms with Crippen LogP contribution < -0.4 is 5.73 Å². The van der Waals surface area contributed by atoms with Crippen molar-refractivity contribution in [3.63, 3.8) is 0 Å². The molecule has 0 bridgehead atoms. The first-order valence-corrected chi connectivity index (χ1v) is 6.37. The van der Waals surface area contributed by atoms with Crippen molar-refractivity contribution in [3.05, 3.63) is 48.5 Å². The molecule has 3 rings (SSSR count). The van der Waals surface area contributed by atoms with Gasteiger partial charge in [0.2, 0.25) is 0 Å². The quantitative estimate of drug-likeness (QED) is 0.684. The second-order valence-electron chi connectivity index (χ2n) is 4.64. The monoisotopic (exact) mass is 252 g/mol. The zero-order valence-electron chi connectivity index (χ0n) is 10.8. The molecule has 0 amide bonds. The number of nitrogen functional groups attached to an aromatic ring is 1. The van der Waals surface area contributed by atoms with Crippen molar-refractivity contribution in [1.82, 2.24) is 4.57 Å². The van der Waals surface area contributed by atoms with Gasteiger partial charge in [-0.1, -0.05) is 12.1 Å².